The monoisotopic (exact) mass is 300 g/mol. The quantitative estimate of drug-likeness (QED) is 0.623. The minimum atomic E-state index is 0.819. The molecule has 0 saturated carbocycles. The summed E-state index contributed by atoms with van der Waals surface area (Å²) in [5.74, 6) is 0.971. The third kappa shape index (κ3) is 2.97. The molecule has 0 saturated heterocycles. The molecule has 0 unspecified atom stereocenters. The molecule has 4 rings (SSSR count). The van der Waals surface area contributed by atoms with Crippen LogP contribution in [0, 0.1) is 0 Å². The molecule has 0 aliphatic carbocycles. The van der Waals surface area contributed by atoms with Crippen LogP contribution in [0.3, 0.4) is 0 Å². The Bertz CT molecular complexity index is 928. The van der Waals surface area contributed by atoms with Gasteiger partial charge in [-0.05, 0) is 24.1 Å². The van der Waals surface area contributed by atoms with Crippen molar-refractivity contribution in [3.05, 3.63) is 78.5 Å². The standard InChI is InChI=1S/C19H16N4/c1-2-6-14(7-3-1)18-13-21-19(23-18)11-10-15-12-20-16-8-4-5-9-17(16)22-15/h1-9,12-13H,10-11H2,(H,21,23). The molecule has 0 radical (unpaired) electrons. The minimum Gasteiger partial charge on any atom is -0.342 e. The topological polar surface area (TPSA) is 54.5 Å². The molecule has 2 aromatic carbocycles. The van der Waals surface area contributed by atoms with E-state index in [-0.39, 0.29) is 0 Å². The predicted octanol–water partition coefficient (Wildman–Crippen LogP) is 3.81. The number of hydrogen-bond donors (Lipinski definition) is 1. The lowest BCUT2D eigenvalue weighted by molar-refractivity contribution is 0.856. The lowest BCUT2D eigenvalue weighted by Crippen LogP contribution is -1.98. The Labute approximate surface area is 134 Å². The van der Waals surface area contributed by atoms with Crippen LogP contribution in [0.25, 0.3) is 22.3 Å². The van der Waals surface area contributed by atoms with Crippen LogP contribution in [0.5, 0.6) is 0 Å². The second-order valence-electron chi connectivity index (χ2n) is 5.46. The molecule has 0 amide bonds. The molecule has 4 aromatic rings. The highest BCUT2D eigenvalue weighted by Gasteiger charge is 2.05. The Balaban J connectivity index is 1.49. The highest BCUT2D eigenvalue weighted by molar-refractivity contribution is 5.73. The maximum Gasteiger partial charge on any atom is 0.106 e. The number of para-hydroxylation sites is 2. The fourth-order valence-corrected chi connectivity index (χ4v) is 2.62. The van der Waals surface area contributed by atoms with Gasteiger partial charge in [0.15, 0.2) is 0 Å². The van der Waals surface area contributed by atoms with Crippen LogP contribution in [-0.4, -0.2) is 19.9 Å². The molecular formula is C19H16N4. The van der Waals surface area contributed by atoms with Crippen LogP contribution in [-0.2, 0) is 12.8 Å². The summed E-state index contributed by atoms with van der Waals surface area (Å²) in [6.45, 7) is 0. The van der Waals surface area contributed by atoms with Crippen molar-refractivity contribution in [1.82, 2.24) is 19.9 Å². The molecule has 2 aromatic heterocycles. The van der Waals surface area contributed by atoms with E-state index < -0.39 is 0 Å². The fourth-order valence-electron chi connectivity index (χ4n) is 2.62. The smallest absolute Gasteiger partial charge is 0.106 e. The van der Waals surface area contributed by atoms with Crippen molar-refractivity contribution in [1.29, 1.82) is 0 Å². The molecule has 1 N–H and O–H groups in total. The highest BCUT2D eigenvalue weighted by Crippen LogP contribution is 2.17. The van der Waals surface area contributed by atoms with E-state index in [4.69, 9.17) is 0 Å². The zero-order valence-corrected chi connectivity index (χ0v) is 12.6. The minimum absolute atomic E-state index is 0.819. The molecule has 0 spiro atoms. The summed E-state index contributed by atoms with van der Waals surface area (Å²) in [4.78, 5) is 16.9. The number of aromatic nitrogens is 4. The molecule has 23 heavy (non-hydrogen) atoms. The fraction of sp³-hybridized carbons (Fsp3) is 0.105. The summed E-state index contributed by atoms with van der Waals surface area (Å²) in [6.07, 6.45) is 5.37. The van der Waals surface area contributed by atoms with Gasteiger partial charge in [0.25, 0.3) is 0 Å². The van der Waals surface area contributed by atoms with Crippen LogP contribution in [0.2, 0.25) is 0 Å². The summed E-state index contributed by atoms with van der Waals surface area (Å²) in [7, 11) is 0. The lowest BCUT2D eigenvalue weighted by atomic mass is 10.2. The molecule has 4 nitrogen and oxygen atoms in total. The van der Waals surface area contributed by atoms with E-state index in [1.807, 2.05) is 54.9 Å². The number of imidazole rings is 1. The van der Waals surface area contributed by atoms with Crippen molar-refractivity contribution < 1.29 is 0 Å². The first kappa shape index (κ1) is 13.6. The maximum atomic E-state index is 4.65. The van der Waals surface area contributed by atoms with E-state index in [0.717, 1.165) is 46.7 Å². The van der Waals surface area contributed by atoms with Gasteiger partial charge in [0, 0.05) is 12.6 Å². The van der Waals surface area contributed by atoms with Gasteiger partial charge in [-0.15, -0.1) is 0 Å². The van der Waals surface area contributed by atoms with Gasteiger partial charge in [0.2, 0.25) is 0 Å². The van der Waals surface area contributed by atoms with E-state index in [1.54, 1.807) is 0 Å². The van der Waals surface area contributed by atoms with E-state index in [9.17, 15) is 0 Å². The second kappa shape index (κ2) is 6.01. The van der Waals surface area contributed by atoms with Crippen molar-refractivity contribution in [3.63, 3.8) is 0 Å². The van der Waals surface area contributed by atoms with Crippen LogP contribution < -0.4 is 0 Å². The van der Waals surface area contributed by atoms with Gasteiger partial charge in [-0.1, -0.05) is 42.5 Å². The average Bonchev–Trinajstić information content (AvgIpc) is 3.10. The maximum absolute atomic E-state index is 4.65. The highest BCUT2D eigenvalue weighted by atomic mass is 14.9. The first-order valence-corrected chi connectivity index (χ1v) is 7.68. The summed E-state index contributed by atoms with van der Waals surface area (Å²) < 4.78 is 0. The molecule has 0 aliphatic rings. The number of H-pyrrole nitrogens is 1. The largest absolute Gasteiger partial charge is 0.342 e. The number of aryl methyl sites for hydroxylation is 2. The van der Waals surface area contributed by atoms with Crippen molar-refractivity contribution in [2.24, 2.45) is 0 Å². The third-order valence-corrected chi connectivity index (χ3v) is 3.83. The Morgan fingerprint density at radius 2 is 1.52 bits per heavy atom. The van der Waals surface area contributed by atoms with Gasteiger partial charge in [-0.2, -0.15) is 0 Å². The van der Waals surface area contributed by atoms with Crippen LogP contribution in [0.15, 0.2) is 67.0 Å². The van der Waals surface area contributed by atoms with E-state index in [0.29, 0.717) is 0 Å². The first-order valence-electron chi connectivity index (χ1n) is 7.68. The second-order valence-corrected chi connectivity index (χ2v) is 5.46. The number of fused-ring (bicyclic) bond motifs is 1. The van der Waals surface area contributed by atoms with Crippen molar-refractivity contribution in [2.45, 2.75) is 12.8 Å². The van der Waals surface area contributed by atoms with E-state index >= 15 is 0 Å². The van der Waals surface area contributed by atoms with Gasteiger partial charge in [0.05, 0.1) is 28.6 Å². The van der Waals surface area contributed by atoms with Crippen LogP contribution in [0.1, 0.15) is 11.5 Å². The Kier molecular flexibility index (Phi) is 3.56. The first-order chi connectivity index (χ1) is 11.4. The number of hydrogen-bond acceptors (Lipinski definition) is 3. The van der Waals surface area contributed by atoms with Crippen molar-refractivity contribution >= 4 is 11.0 Å². The zero-order valence-electron chi connectivity index (χ0n) is 12.6. The van der Waals surface area contributed by atoms with Crippen LogP contribution in [0.4, 0.5) is 0 Å². The van der Waals surface area contributed by atoms with Gasteiger partial charge >= 0.3 is 0 Å². The summed E-state index contributed by atoms with van der Waals surface area (Å²) in [5.41, 5.74) is 5.05. The molecule has 4 heteroatoms. The average molecular weight is 300 g/mol. The zero-order chi connectivity index (χ0) is 15.5. The Morgan fingerprint density at radius 3 is 2.39 bits per heavy atom. The number of aromatic amines is 1. The molecule has 0 fully saturated rings. The normalized spacial score (nSPS) is 11.0. The summed E-state index contributed by atoms with van der Waals surface area (Å²) >= 11 is 0. The van der Waals surface area contributed by atoms with Gasteiger partial charge in [-0.25, -0.2) is 9.97 Å². The van der Waals surface area contributed by atoms with Crippen LogP contribution >= 0.6 is 0 Å². The molecule has 112 valence electrons. The van der Waals surface area contributed by atoms with E-state index in [2.05, 4.69) is 32.1 Å². The molecule has 0 atom stereocenters. The third-order valence-electron chi connectivity index (χ3n) is 3.83. The number of nitrogens with zero attached hydrogens (tertiary/aromatic N) is 3. The SMILES string of the molecule is c1ccc(-c2cnc(CCc3cnc4ccccc4n3)[nH]2)cc1. The Morgan fingerprint density at radius 1 is 0.739 bits per heavy atom. The molecule has 0 bridgehead atoms. The summed E-state index contributed by atoms with van der Waals surface area (Å²) in [6, 6.07) is 18.2. The number of benzene rings is 2. The molecular weight excluding hydrogens is 284 g/mol. The predicted molar refractivity (Wildman–Crippen MR) is 91.0 cm³/mol. The lowest BCUT2D eigenvalue weighted by Gasteiger charge is -2.01. The molecule has 2 heterocycles. The van der Waals surface area contributed by atoms with E-state index in [1.165, 1.54) is 0 Å². The number of rotatable bonds is 4. The number of nitrogens with one attached hydrogen (secondary N) is 1. The Hall–Kier alpha value is -3.01. The van der Waals surface area contributed by atoms with Crippen molar-refractivity contribution in [3.8, 4) is 11.3 Å². The van der Waals surface area contributed by atoms with Crippen molar-refractivity contribution in [2.75, 3.05) is 0 Å². The van der Waals surface area contributed by atoms with Gasteiger partial charge in [-0.3, -0.25) is 4.98 Å². The van der Waals surface area contributed by atoms with Gasteiger partial charge in [0.1, 0.15) is 5.82 Å². The summed E-state index contributed by atoms with van der Waals surface area (Å²) in [5, 5.41) is 0. The molecule has 0 aliphatic heterocycles. The van der Waals surface area contributed by atoms with Gasteiger partial charge < -0.3 is 4.98 Å².